The molecule has 0 saturated carbocycles. The summed E-state index contributed by atoms with van der Waals surface area (Å²) in [7, 11) is 0. The Hall–Kier alpha value is -4.94. The van der Waals surface area contributed by atoms with Crippen molar-refractivity contribution in [2.45, 2.75) is 19.3 Å². The molecule has 0 amide bonds. The molecule has 192 valence electrons. The fourth-order valence-corrected chi connectivity index (χ4v) is 7.64. The first-order chi connectivity index (χ1) is 20.1. The summed E-state index contributed by atoms with van der Waals surface area (Å²) in [5.41, 5.74) is 10.6. The minimum Gasteiger partial charge on any atom is -0.0622 e. The Bertz CT molecular complexity index is 2250. The van der Waals surface area contributed by atoms with Gasteiger partial charge in [-0.25, -0.2) is 0 Å². The second kappa shape index (κ2) is 8.05. The number of rotatable bonds is 2. The molecule has 0 aromatic heterocycles. The van der Waals surface area contributed by atoms with E-state index >= 15 is 0 Å². The maximum Gasteiger partial charge on any atom is 0.0165 e. The molecule has 0 saturated heterocycles. The van der Waals surface area contributed by atoms with Crippen LogP contribution in [-0.2, 0) is 5.41 Å². The molecule has 0 unspecified atom stereocenters. The van der Waals surface area contributed by atoms with Gasteiger partial charge in [-0.05, 0) is 112 Å². The molecule has 1 aliphatic carbocycles. The molecule has 0 aliphatic heterocycles. The van der Waals surface area contributed by atoms with Crippen LogP contribution < -0.4 is 0 Å². The molecule has 0 heteroatoms. The minimum atomic E-state index is -0.133. The number of hydrogen-bond acceptors (Lipinski definition) is 0. The third kappa shape index (κ3) is 3.11. The molecule has 0 radical (unpaired) electrons. The highest BCUT2D eigenvalue weighted by atomic mass is 14.4. The van der Waals surface area contributed by atoms with Crippen molar-refractivity contribution in [1.29, 1.82) is 0 Å². The predicted octanol–water partition coefficient (Wildman–Crippen LogP) is 11.4. The highest BCUT2D eigenvalue weighted by molar-refractivity contribution is 6.23. The topological polar surface area (TPSA) is 0 Å². The van der Waals surface area contributed by atoms with Gasteiger partial charge in [-0.3, -0.25) is 0 Å². The largest absolute Gasteiger partial charge is 0.0622 e. The lowest BCUT2D eigenvalue weighted by atomic mass is 9.77. The molecule has 0 spiro atoms. The van der Waals surface area contributed by atoms with Gasteiger partial charge < -0.3 is 0 Å². The van der Waals surface area contributed by atoms with Gasteiger partial charge in [0.15, 0.2) is 0 Å². The van der Waals surface area contributed by atoms with Gasteiger partial charge in [0.25, 0.3) is 0 Å². The molecule has 1 aliphatic rings. The van der Waals surface area contributed by atoms with E-state index in [1.165, 1.54) is 87.6 Å². The average Bonchev–Trinajstić information content (AvgIpc) is 3.26. The van der Waals surface area contributed by atoms with Crippen molar-refractivity contribution in [1.82, 2.24) is 0 Å². The van der Waals surface area contributed by atoms with Crippen LogP contribution in [-0.4, -0.2) is 0 Å². The van der Waals surface area contributed by atoms with E-state index in [1.54, 1.807) is 0 Å². The van der Waals surface area contributed by atoms with Crippen molar-refractivity contribution in [2.24, 2.45) is 0 Å². The molecule has 9 rings (SSSR count). The zero-order chi connectivity index (χ0) is 27.3. The third-order valence-electron chi connectivity index (χ3n) is 9.52. The molecular formula is C41H28. The van der Waals surface area contributed by atoms with E-state index < -0.39 is 0 Å². The molecule has 8 aromatic carbocycles. The molecule has 0 heterocycles. The van der Waals surface area contributed by atoms with Gasteiger partial charge in [0.05, 0.1) is 0 Å². The predicted molar refractivity (Wildman–Crippen MR) is 176 cm³/mol. The van der Waals surface area contributed by atoms with Crippen molar-refractivity contribution in [3.05, 3.63) is 145 Å². The number of fused-ring (bicyclic) bond motifs is 5. The highest BCUT2D eigenvalue weighted by Crippen LogP contribution is 2.55. The van der Waals surface area contributed by atoms with Gasteiger partial charge in [-0.1, -0.05) is 123 Å². The lowest BCUT2D eigenvalue weighted by Gasteiger charge is -2.25. The molecule has 0 bridgehead atoms. The Morgan fingerprint density at radius 1 is 0.415 bits per heavy atom. The van der Waals surface area contributed by atoms with Crippen molar-refractivity contribution < 1.29 is 0 Å². The van der Waals surface area contributed by atoms with Crippen LogP contribution in [0.2, 0.25) is 0 Å². The van der Waals surface area contributed by atoms with Gasteiger partial charge in [0, 0.05) is 5.41 Å². The van der Waals surface area contributed by atoms with Crippen LogP contribution in [0.1, 0.15) is 25.0 Å². The molecule has 0 atom stereocenters. The van der Waals surface area contributed by atoms with Crippen LogP contribution in [0.15, 0.2) is 133 Å². The Morgan fingerprint density at radius 2 is 1.05 bits per heavy atom. The normalized spacial score (nSPS) is 13.8. The molecule has 41 heavy (non-hydrogen) atoms. The van der Waals surface area contributed by atoms with Gasteiger partial charge >= 0.3 is 0 Å². The summed E-state index contributed by atoms with van der Waals surface area (Å²) >= 11 is 0. The SMILES string of the molecule is CC1(C)c2cc(-c3cc4ccc5cccc6ccc(c3)c4c56)ccc2-c2c1c(-c1ccccc1)cc1ccccc21. The van der Waals surface area contributed by atoms with E-state index in [0.29, 0.717) is 0 Å². The first-order valence-corrected chi connectivity index (χ1v) is 14.5. The van der Waals surface area contributed by atoms with Crippen molar-refractivity contribution in [2.75, 3.05) is 0 Å². The van der Waals surface area contributed by atoms with Crippen LogP contribution >= 0.6 is 0 Å². The van der Waals surface area contributed by atoms with Gasteiger partial charge in [-0.2, -0.15) is 0 Å². The molecule has 0 fully saturated rings. The monoisotopic (exact) mass is 520 g/mol. The zero-order valence-electron chi connectivity index (χ0n) is 23.2. The van der Waals surface area contributed by atoms with Gasteiger partial charge in [-0.15, -0.1) is 0 Å². The first-order valence-electron chi connectivity index (χ1n) is 14.5. The molecule has 0 N–H and O–H groups in total. The second-order valence-electron chi connectivity index (χ2n) is 12.2. The molecule has 0 nitrogen and oxygen atoms in total. The fraction of sp³-hybridized carbons (Fsp3) is 0.0732. The van der Waals surface area contributed by atoms with Gasteiger partial charge in [0.1, 0.15) is 0 Å². The van der Waals surface area contributed by atoms with E-state index in [2.05, 4.69) is 147 Å². The second-order valence-corrected chi connectivity index (χ2v) is 12.2. The van der Waals surface area contributed by atoms with E-state index in [4.69, 9.17) is 0 Å². The zero-order valence-corrected chi connectivity index (χ0v) is 23.2. The van der Waals surface area contributed by atoms with Gasteiger partial charge in [0.2, 0.25) is 0 Å². The van der Waals surface area contributed by atoms with Crippen molar-refractivity contribution in [3.8, 4) is 33.4 Å². The maximum atomic E-state index is 2.46. The van der Waals surface area contributed by atoms with E-state index in [-0.39, 0.29) is 5.41 Å². The summed E-state index contributed by atoms with van der Waals surface area (Å²) in [5, 5.41) is 10.6. The van der Waals surface area contributed by atoms with E-state index in [9.17, 15) is 0 Å². The number of hydrogen-bond donors (Lipinski definition) is 0. The van der Waals surface area contributed by atoms with Crippen molar-refractivity contribution >= 4 is 43.1 Å². The lowest BCUT2D eigenvalue weighted by molar-refractivity contribution is 0.663. The minimum absolute atomic E-state index is 0.133. The van der Waals surface area contributed by atoms with Crippen LogP contribution in [0, 0.1) is 0 Å². The van der Waals surface area contributed by atoms with E-state index in [1.807, 2.05) is 0 Å². The smallest absolute Gasteiger partial charge is 0.0165 e. The summed E-state index contributed by atoms with van der Waals surface area (Å²) in [4.78, 5) is 0. The highest BCUT2D eigenvalue weighted by Gasteiger charge is 2.39. The van der Waals surface area contributed by atoms with Crippen LogP contribution in [0.4, 0.5) is 0 Å². The average molecular weight is 521 g/mol. The van der Waals surface area contributed by atoms with Crippen LogP contribution in [0.3, 0.4) is 0 Å². The van der Waals surface area contributed by atoms with Crippen LogP contribution in [0.5, 0.6) is 0 Å². The molecular weight excluding hydrogens is 492 g/mol. The maximum absolute atomic E-state index is 2.46. The van der Waals surface area contributed by atoms with Crippen molar-refractivity contribution in [3.63, 3.8) is 0 Å². The summed E-state index contributed by atoms with van der Waals surface area (Å²) in [6.45, 7) is 4.81. The Labute approximate surface area is 239 Å². The molecule has 8 aromatic rings. The third-order valence-corrected chi connectivity index (χ3v) is 9.52. The summed E-state index contributed by atoms with van der Waals surface area (Å²) in [5.74, 6) is 0. The number of benzene rings is 8. The summed E-state index contributed by atoms with van der Waals surface area (Å²) in [6.07, 6.45) is 0. The Morgan fingerprint density at radius 3 is 1.80 bits per heavy atom. The first kappa shape index (κ1) is 22.8. The Kier molecular flexibility index (Phi) is 4.49. The van der Waals surface area contributed by atoms with Crippen LogP contribution in [0.25, 0.3) is 76.5 Å². The van der Waals surface area contributed by atoms with E-state index in [0.717, 1.165) is 0 Å². The fourth-order valence-electron chi connectivity index (χ4n) is 7.64. The summed E-state index contributed by atoms with van der Waals surface area (Å²) < 4.78 is 0. The quantitative estimate of drug-likeness (QED) is 0.199. The lowest BCUT2D eigenvalue weighted by Crippen LogP contribution is -2.16. The Balaban J connectivity index is 1.29. The summed E-state index contributed by atoms with van der Waals surface area (Å²) in [6, 6.07) is 49.8. The standard InChI is InChI=1S/C41H28/c1-41(2)36-24-28(32-21-30-17-15-26-12-8-13-27-16-18-31(22-32)38(30)37(26)27)19-20-34(36)39-33-14-7-6-11-29(33)23-35(40(39)41)25-9-4-3-5-10-25/h3-24H,1-2H3.